The topological polar surface area (TPSA) is 69.6 Å². The number of amides is 2. The molecule has 1 saturated heterocycles. The SMILES string of the molecule is CC1CC(C(=O)O)CCN1C(=O)NC1CC=CC1. The summed E-state index contributed by atoms with van der Waals surface area (Å²) in [5.74, 6) is -1.06. The van der Waals surface area contributed by atoms with Gasteiger partial charge in [0.15, 0.2) is 0 Å². The molecule has 2 amide bonds. The van der Waals surface area contributed by atoms with Gasteiger partial charge in [0.2, 0.25) is 0 Å². The van der Waals surface area contributed by atoms with Crippen LogP contribution >= 0.6 is 0 Å². The second kappa shape index (κ2) is 5.42. The molecule has 0 spiro atoms. The molecule has 100 valence electrons. The Labute approximate surface area is 107 Å². The number of urea groups is 1. The van der Waals surface area contributed by atoms with E-state index in [0.717, 1.165) is 12.8 Å². The van der Waals surface area contributed by atoms with Gasteiger partial charge in [0, 0.05) is 18.6 Å². The number of nitrogens with zero attached hydrogens (tertiary/aromatic N) is 1. The van der Waals surface area contributed by atoms with Crippen molar-refractivity contribution in [3.63, 3.8) is 0 Å². The molecule has 5 heteroatoms. The molecule has 2 rings (SSSR count). The monoisotopic (exact) mass is 252 g/mol. The van der Waals surface area contributed by atoms with Crippen LogP contribution in [0.1, 0.15) is 32.6 Å². The van der Waals surface area contributed by atoms with Crippen LogP contribution in [0.15, 0.2) is 12.2 Å². The van der Waals surface area contributed by atoms with E-state index >= 15 is 0 Å². The highest BCUT2D eigenvalue weighted by molar-refractivity contribution is 5.76. The summed E-state index contributed by atoms with van der Waals surface area (Å²) in [6.07, 6.45) is 7.04. The zero-order chi connectivity index (χ0) is 13.1. The smallest absolute Gasteiger partial charge is 0.317 e. The zero-order valence-corrected chi connectivity index (χ0v) is 10.6. The van der Waals surface area contributed by atoms with Crippen molar-refractivity contribution in [3.05, 3.63) is 12.2 Å². The van der Waals surface area contributed by atoms with Gasteiger partial charge in [0.1, 0.15) is 0 Å². The van der Waals surface area contributed by atoms with Gasteiger partial charge >= 0.3 is 12.0 Å². The lowest BCUT2D eigenvalue weighted by Gasteiger charge is -2.36. The van der Waals surface area contributed by atoms with Gasteiger partial charge in [-0.3, -0.25) is 4.79 Å². The van der Waals surface area contributed by atoms with Gasteiger partial charge in [-0.1, -0.05) is 12.2 Å². The van der Waals surface area contributed by atoms with E-state index < -0.39 is 5.97 Å². The molecule has 5 nitrogen and oxygen atoms in total. The van der Waals surface area contributed by atoms with Crippen molar-refractivity contribution < 1.29 is 14.7 Å². The summed E-state index contributed by atoms with van der Waals surface area (Å²) < 4.78 is 0. The highest BCUT2D eigenvalue weighted by Gasteiger charge is 2.32. The van der Waals surface area contributed by atoms with Gasteiger partial charge in [0.05, 0.1) is 5.92 Å². The molecular formula is C13H20N2O3. The molecule has 0 aromatic heterocycles. The lowest BCUT2D eigenvalue weighted by atomic mass is 9.92. The highest BCUT2D eigenvalue weighted by Crippen LogP contribution is 2.23. The Morgan fingerprint density at radius 1 is 1.33 bits per heavy atom. The Balaban J connectivity index is 1.85. The predicted molar refractivity (Wildman–Crippen MR) is 67.2 cm³/mol. The Hall–Kier alpha value is -1.52. The second-order valence-corrected chi connectivity index (χ2v) is 5.19. The summed E-state index contributed by atoms with van der Waals surface area (Å²) in [6, 6.07) is 0.149. The van der Waals surface area contributed by atoms with Crippen molar-refractivity contribution in [2.75, 3.05) is 6.54 Å². The molecule has 1 aliphatic carbocycles. The molecule has 1 fully saturated rings. The van der Waals surface area contributed by atoms with Gasteiger partial charge in [-0.15, -0.1) is 0 Å². The zero-order valence-electron chi connectivity index (χ0n) is 10.6. The van der Waals surface area contributed by atoms with Gasteiger partial charge < -0.3 is 15.3 Å². The minimum atomic E-state index is -0.748. The van der Waals surface area contributed by atoms with Gasteiger partial charge in [0.25, 0.3) is 0 Å². The van der Waals surface area contributed by atoms with E-state index in [-0.39, 0.29) is 24.0 Å². The molecule has 0 radical (unpaired) electrons. The number of hydrogen-bond acceptors (Lipinski definition) is 2. The molecule has 0 bridgehead atoms. The average Bonchev–Trinajstić information content (AvgIpc) is 2.81. The quantitative estimate of drug-likeness (QED) is 0.733. The van der Waals surface area contributed by atoms with Crippen LogP contribution in [0.25, 0.3) is 0 Å². The number of carboxylic acids is 1. The van der Waals surface area contributed by atoms with E-state index in [1.807, 2.05) is 6.92 Å². The summed E-state index contributed by atoms with van der Waals surface area (Å²) in [4.78, 5) is 24.8. The maximum Gasteiger partial charge on any atom is 0.317 e. The van der Waals surface area contributed by atoms with E-state index in [2.05, 4.69) is 17.5 Å². The molecule has 1 heterocycles. The van der Waals surface area contributed by atoms with Crippen LogP contribution in [0.2, 0.25) is 0 Å². The predicted octanol–water partition coefficient (Wildman–Crippen LogP) is 1.60. The summed E-state index contributed by atoms with van der Waals surface area (Å²) in [7, 11) is 0. The van der Waals surface area contributed by atoms with Crippen LogP contribution < -0.4 is 5.32 Å². The van der Waals surface area contributed by atoms with E-state index in [9.17, 15) is 9.59 Å². The molecule has 2 aliphatic rings. The Morgan fingerprint density at radius 2 is 2.00 bits per heavy atom. The second-order valence-electron chi connectivity index (χ2n) is 5.19. The van der Waals surface area contributed by atoms with Crippen LogP contribution in [-0.4, -0.2) is 40.6 Å². The first-order valence-electron chi connectivity index (χ1n) is 6.53. The molecule has 2 atom stereocenters. The van der Waals surface area contributed by atoms with Crippen molar-refractivity contribution >= 4 is 12.0 Å². The first-order valence-corrected chi connectivity index (χ1v) is 6.53. The van der Waals surface area contributed by atoms with E-state index in [1.54, 1.807) is 4.90 Å². The Kier molecular flexibility index (Phi) is 3.89. The van der Waals surface area contributed by atoms with Crippen LogP contribution in [0.3, 0.4) is 0 Å². The van der Waals surface area contributed by atoms with Crippen molar-refractivity contribution in [2.24, 2.45) is 5.92 Å². The van der Waals surface area contributed by atoms with Gasteiger partial charge in [-0.25, -0.2) is 4.79 Å². The normalized spacial score (nSPS) is 28.4. The van der Waals surface area contributed by atoms with Crippen molar-refractivity contribution in [1.29, 1.82) is 0 Å². The fraction of sp³-hybridized carbons (Fsp3) is 0.692. The van der Waals surface area contributed by atoms with Crippen LogP contribution in [0, 0.1) is 5.92 Å². The Bertz CT molecular complexity index is 359. The van der Waals surface area contributed by atoms with E-state index in [4.69, 9.17) is 5.11 Å². The summed E-state index contributed by atoms with van der Waals surface area (Å²) >= 11 is 0. The maximum atomic E-state index is 12.1. The van der Waals surface area contributed by atoms with Crippen molar-refractivity contribution in [1.82, 2.24) is 10.2 Å². The minimum Gasteiger partial charge on any atom is -0.481 e. The molecule has 0 aromatic rings. The fourth-order valence-corrected chi connectivity index (χ4v) is 2.69. The first-order chi connectivity index (χ1) is 8.58. The third kappa shape index (κ3) is 2.83. The lowest BCUT2D eigenvalue weighted by molar-refractivity contribution is -0.143. The summed E-state index contributed by atoms with van der Waals surface area (Å²) in [6.45, 7) is 2.45. The molecule has 2 N–H and O–H groups in total. The summed E-state index contributed by atoms with van der Waals surface area (Å²) in [5, 5.41) is 12.0. The highest BCUT2D eigenvalue weighted by atomic mass is 16.4. The number of rotatable bonds is 2. The van der Waals surface area contributed by atoms with E-state index in [1.165, 1.54) is 0 Å². The number of likely N-dealkylation sites (tertiary alicyclic amines) is 1. The molecule has 0 aromatic carbocycles. The summed E-state index contributed by atoms with van der Waals surface area (Å²) in [5.41, 5.74) is 0. The third-order valence-electron chi connectivity index (χ3n) is 3.82. The number of aliphatic carboxylic acids is 1. The first kappa shape index (κ1) is 12.9. The number of carboxylic acid groups (broad SMARTS) is 1. The maximum absolute atomic E-state index is 12.1. The third-order valence-corrected chi connectivity index (χ3v) is 3.82. The molecule has 0 saturated carbocycles. The van der Waals surface area contributed by atoms with Crippen LogP contribution in [-0.2, 0) is 4.79 Å². The number of carbonyl (C=O) groups is 2. The number of hydrogen-bond donors (Lipinski definition) is 2. The van der Waals surface area contributed by atoms with Crippen molar-refractivity contribution in [2.45, 2.75) is 44.7 Å². The Morgan fingerprint density at radius 3 is 2.56 bits per heavy atom. The average molecular weight is 252 g/mol. The van der Waals surface area contributed by atoms with Crippen LogP contribution in [0.5, 0.6) is 0 Å². The largest absolute Gasteiger partial charge is 0.481 e. The number of carbonyl (C=O) groups excluding carboxylic acids is 1. The number of piperidine rings is 1. The standard InChI is InChI=1S/C13H20N2O3/c1-9-8-10(12(16)17)6-7-15(9)13(18)14-11-4-2-3-5-11/h2-3,9-11H,4-8H2,1H3,(H,14,18)(H,16,17). The lowest BCUT2D eigenvalue weighted by Crippen LogP contribution is -2.52. The van der Waals surface area contributed by atoms with Gasteiger partial charge in [-0.05, 0) is 32.6 Å². The van der Waals surface area contributed by atoms with E-state index in [0.29, 0.717) is 19.4 Å². The molecular weight excluding hydrogens is 232 g/mol. The number of nitrogens with one attached hydrogen (secondary N) is 1. The minimum absolute atomic E-state index is 0.00536. The molecule has 2 unspecified atom stereocenters. The van der Waals surface area contributed by atoms with Crippen LogP contribution in [0.4, 0.5) is 4.79 Å². The molecule has 1 aliphatic heterocycles. The molecule has 18 heavy (non-hydrogen) atoms. The van der Waals surface area contributed by atoms with Gasteiger partial charge in [-0.2, -0.15) is 0 Å². The fourth-order valence-electron chi connectivity index (χ4n) is 2.69. The van der Waals surface area contributed by atoms with Crippen molar-refractivity contribution in [3.8, 4) is 0 Å².